The van der Waals surface area contributed by atoms with Gasteiger partial charge in [0, 0.05) is 12.6 Å². The molecule has 0 spiro atoms. The molecule has 16 heavy (non-hydrogen) atoms. The van der Waals surface area contributed by atoms with E-state index in [-0.39, 0.29) is 5.91 Å². The van der Waals surface area contributed by atoms with Crippen LogP contribution in [0, 0.1) is 11.3 Å². The number of carbonyl (C=O) groups is 1. The fourth-order valence-corrected chi connectivity index (χ4v) is 2.35. The van der Waals surface area contributed by atoms with Gasteiger partial charge in [-0.1, -0.05) is 25.7 Å². The highest BCUT2D eigenvalue weighted by atomic mass is 16.1. The second kappa shape index (κ2) is 5.67. The first-order valence-corrected chi connectivity index (χ1v) is 6.45. The molecule has 1 amide bonds. The fourth-order valence-electron chi connectivity index (χ4n) is 2.35. The molecular weight excluding hydrogens is 200 g/mol. The largest absolute Gasteiger partial charge is 0.369 e. The van der Waals surface area contributed by atoms with Crippen LogP contribution in [0.25, 0.3) is 0 Å². The molecular formula is C13H26N2O. The van der Waals surface area contributed by atoms with Gasteiger partial charge < -0.3 is 11.1 Å². The molecule has 3 N–H and O–H groups in total. The van der Waals surface area contributed by atoms with Crippen molar-refractivity contribution >= 4 is 5.91 Å². The molecule has 1 fully saturated rings. The van der Waals surface area contributed by atoms with Gasteiger partial charge in [-0.15, -0.1) is 0 Å². The van der Waals surface area contributed by atoms with Crippen LogP contribution in [0.15, 0.2) is 0 Å². The van der Waals surface area contributed by atoms with Crippen LogP contribution >= 0.6 is 0 Å². The maximum atomic E-state index is 11.2. The first kappa shape index (κ1) is 13.5. The summed E-state index contributed by atoms with van der Waals surface area (Å²) in [5, 5.41) is 3.43. The first-order chi connectivity index (χ1) is 7.42. The molecule has 0 aromatic heterocycles. The first-order valence-electron chi connectivity index (χ1n) is 6.45. The van der Waals surface area contributed by atoms with Gasteiger partial charge in [0.05, 0.1) is 5.41 Å². The molecule has 0 bridgehead atoms. The summed E-state index contributed by atoms with van der Waals surface area (Å²) in [7, 11) is 0. The van der Waals surface area contributed by atoms with E-state index in [1.807, 2.05) is 13.8 Å². The maximum absolute atomic E-state index is 11.2. The minimum atomic E-state index is -0.441. The van der Waals surface area contributed by atoms with Crippen LogP contribution < -0.4 is 11.1 Å². The molecule has 1 rings (SSSR count). The Bertz CT molecular complexity index is 232. The van der Waals surface area contributed by atoms with Crippen molar-refractivity contribution in [2.24, 2.45) is 17.1 Å². The third-order valence-corrected chi connectivity index (χ3v) is 3.72. The minimum Gasteiger partial charge on any atom is -0.369 e. The van der Waals surface area contributed by atoms with E-state index in [4.69, 9.17) is 5.73 Å². The van der Waals surface area contributed by atoms with Gasteiger partial charge in [-0.25, -0.2) is 0 Å². The van der Waals surface area contributed by atoms with Crippen molar-refractivity contribution in [1.82, 2.24) is 5.32 Å². The van der Waals surface area contributed by atoms with Gasteiger partial charge in [-0.3, -0.25) is 4.79 Å². The summed E-state index contributed by atoms with van der Waals surface area (Å²) >= 11 is 0. The molecule has 0 aromatic rings. The number of hydrogen-bond donors (Lipinski definition) is 2. The third kappa shape index (κ3) is 4.12. The predicted molar refractivity (Wildman–Crippen MR) is 67.0 cm³/mol. The Labute approximate surface area is 99.2 Å². The lowest BCUT2D eigenvalue weighted by molar-refractivity contribution is -0.125. The highest BCUT2D eigenvalue weighted by Gasteiger charge is 2.25. The Morgan fingerprint density at radius 1 is 1.44 bits per heavy atom. The summed E-state index contributed by atoms with van der Waals surface area (Å²) < 4.78 is 0. The molecule has 0 heterocycles. The zero-order valence-electron chi connectivity index (χ0n) is 10.9. The van der Waals surface area contributed by atoms with Crippen LogP contribution in [0.2, 0.25) is 0 Å². The van der Waals surface area contributed by atoms with Gasteiger partial charge >= 0.3 is 0 Å². The Kier molecular flexibility index (Phi) is 4.78. The zero-order valence-corrected chi connectivity index (χ0v) is 10.9. The van der Waals surface area contributed by atoms with Crippen molar-refractivity contribution in [2.75, 3.05) is 6.54 Å². The lowest BCUT2D eigenvalue weighted by Crippen LogP contribution is -2.43. The van der Waals surface area contributed by atoms with Gasteiger partial charge in [0.15, 0.2) is 0 Å². The number of rotatable bonds is 6. The van der Waals surface area contributed by atoms with Crippen molar-refractivity contribution in [1.29, 1.82) is 0 Å². The summed E-state index contributed by atoms with van der Waals surface area (Å²) in [4.78, 5) is 11.2. The Balaban J connectivity index is 2.23. The van der Waals surface area contributed by atoms with E-state index < -0.39 is 5.41 Å². The highest BCUT2D eigenvalue weighted by molar-refractivity contribution is 5.80. The number of primary amides is 1. The fraction of sp³-hybridized carbons (Fsp3) is 0.923. The average molecular weight is 226 g/mol. The van der Waals surface area contributed by atoms with Gasteiger partial charge in [0.1, 0.15) is 0 Å². The van der Waals surface area contributed by atoms with Crippen LogP contribution in [-0.4, -0.2) is 18.5 Å². The zero-order chi connectivity index (χ0) is 12.2. The molecule has 3 nitrogen and oxygen atoms in total. The molecule has 1 aliphatic carbocycles. The number of carbonyl (C=O) groups excluding carboxylic acids is 1. The summed E-state index contributed by atoms with van der Waals surface area (Å²) in [5.41, 5.74) is 4.90. The minimum absolute atomic E-state index is 0.229. The number of nitrogens with one attached hydrogen (secondary N) is 1. The van der Waals surface area contributed by atoms with Crippen LogP contribution in [0.1, 0.15) is 52.9 Å². The van der Waals surface area contributed by atoms with E-state index >= 15 is 0 Å². The number of nitrogens with two attached hydrogens (primary N) is 1. The Morgan fingerprint density at radius 2 is 2.00 bits per heavy atom. The molecule has 0 radical (unpaired) electrons. The Morgan fingerprint density at radius 3 is 2.50 bits per heavy atom. The van der Waals surface area contributed by atoms with E-state index in [2.05, 4.69) is 12.2 Å². The van der Waals surface area contributed by atoms with E-state index in [1.54, 1.807) is 0 Å². The molecule has 1 unspecified atom stereocenters. The quantitative estimate of drug-likeness (QED) is 0.728. The monoisotopic (exact) mass is 226 g/mol. The summed E-state index contributed by atoms with van der Waals surface area (Å²) in [6.07, 6.45) is 6.78. The van der Waals surface area contributed by atoms with E-state index in [0.29, 0.717) is 12.6 Å². The Hall–Kier alpha value is -0.570. The van der Waals surface area contributed by atoms with E-state index in [9.17, 15) is 4.79 Å². The highest BCUT2D eigenvalue weighted by Crippen LogP contribution is 2.28. The summed E-state index contributed by atoms with van der Waals surface area (Å²) in [5.74, 6) is 0.659. The SMILES string of the molecule is CC(CC1CCCC1)NCC(C)(C)C(N)=O. The average Bonchev–Trinajstić information content (AvgIpc) is 2.67. The molecule has 1 atom stereocenters. The van der Waals surface area contributed by atoms with Crippen molar-refractivity contribution in [3.63, 3.8) is 0 Å². The lowest BCUT2D eigenvalue weighted by Gasteiger charge is -2.25. The van der Waals surface area contributed by atoms with E-state index in [0.717, 1.165) is 5.92 Å². The second-order valence-corrected chi connectivity index (χ2v) is 5.92. The molecule has 94 valence electrons. The van der Waals surface area contributed by atoms with Crippen molar-refractivity contribution < 1.29 is 4.79 Å². The summed E-state index contributed by atoms with van der Waals surface area (Å²) in [6, 6.07) is 0.488. The van der Waals surface area contributed by atoms with Crippen molar-refractivity contribution in [3.05, 3.63) is 0 Å². The lowest BCUT2D eigenvalue weighted by atomic mass is 9.91. The number of amides is 1. The van der Waals surface area contributed by atoms with Crippen LogP contribution in [-0.2, 0) is 4.79 Å². The topological polar surface area (TPSA) is 55.1 Å². The van der Waals surface area contributed by atoms with Gasteiger partial charge in [-0.05, 0) is 33.1 Å². The normalized spacial score (nSPS) is 19.9. The van der Waals surface area contributed by atoms with Crippen LogP contribution in [0.5, 0.6) is 0 Å². The smallest absolute Gasteiger partial charge is 0.224 e. The molecule has 0 saturated heterocycles. The molecule has 1 saturated carbocycles. The summed E-state index contributed by atoms with van der Waals surface area (Å²) in [6.45, 7) is 6.67. The second-order valence-electron chi connectivity index (χ2n) is 5.92. The number of hydrogen-bond acceptors (Lipinski definition) is 2. The molecule has 1 aliphatic rings. The predicted octanol–water partition coefficient (Wildman–Crippen LogP) is 2.06. The maximum Gasteiger partial charge on any atom is 0.224 e. The molecule has 0 aliphatic heterocycles. The molecule has 0 aromatic carbocycles. The van der Waals surface area contributed by atoms with Crippen LogP contribution in [0.4, 0.5) is 0 Å². The van der Waals surface area contributed by atoms with Crippen LogP contribution in [0.3, 0.4) is 0 Å². The third-order valence-electron chi connectivity index (χ3n) is 3.72. The standard InChI is InChI=1S/C13H26N2O/c1-10(8-11-6-4-5-7-11)15-9-13(2,3)12(14)16/h10-11,15H,4-9H2,1-3H3,(H2,14,16). The van der Waals surface area contributed by atoms with E-state index in [1.165, 1.54) is 32.1 Å². The van der Waals surface area contributed by atoms with Gasteiger partial charge in [0.2, 0.25) is 5.91 Å². The molecule has 3 heteroatoms. The van der Waals surface area contributed by atoms with Crippen molar-refractivity contribution in [3.8, 4) is 0 Å². The van der Waals surface area contributed by atoms with Crippen molar-refractivity contribution in [2.45, 2.75) is 58.9 Å². The van der Waals surface area contributed by atoms with Gasteiger partial charge in [-0.2, -0.15) is 0 Å². The van der Waals surface area contributed by atoms with Gasteiger partial charge in [0.25, 0.3) is 0 Å².